The second-order valence-corrected chi connectivity index (χ2v) is 7.46. The van der Waals surface area contributed by atoms with E-state index in [9.17, 15) is 4.79 Å². The molecule has 2 N–H and O–H groups in total. The molecule has 29 heavy (non-hydrogen) atoms. The smallest absolute Gasteiger partial charge is 0.303 e. The van der Waals surface area contributed by atoms with Gasteiger partial charge in [-0.15, -0.1) is 5.10 Å². The Morgan fingerprint density at radius 2 is 1.79 bits per heavy atom. The Bertz CT molecular complexity index is 937. The molecule has 148 valence electrons. The van der Waals surface area contributed by atoms with Crippen molar-refractivity contribution in [2.24, 2.45) is 5.92 Å². The predicted molar refractivity (Wildman–Crippen MR) is 110 cm³/mol. The number of aromatic nitrogens is 4. The molecular weight excluding hydrogens is 366 g/mol. The van der Waals surface area contributed by atoms with Crippen LogP contribution in [0.4, 0.5) is 11.6 Å². The van der Waals surface area contributed by atoms with E-state index in [1.165, 1.54) is 11.8 Å². The summed E-state index contributed by atoms with van der Waals surface area (Å²) in [7, 11) is 0. The lowest BCUT2D eigenvalue weighted by Crippen LogP contribution is -2.16. The molecule has 0 spiro atoms. The van der Waals surface area contributed by atoms with Gasteiger partial charge in [0.05, 0.1) is 30.0 Å². The number of carboxylic acid groups (broad SMARTS) is 1. The zero-order valence-corrected chi connectivity index (χ0v) is 16.0. The summed E-state index contributed by atoms with van der Waals surface area (Å²) in [5, 5.41) is 19.7. The zero-order valence-electron chi connectivity index (χ0n) is 16.0. The number of hydrogen-bond acceptors (Lipinski definition) is 6. The highest BCUT2D eigenvalue weighted by Crippen LogP contribution is 2.37. The van der Waals surface area contributed by atoms with E-state index in [1.807, 2.05) is 12.1 Å². The largest absolute Gasteiger partial charge is 0.481 e. The molecule has 0 atom stereocenters. The monoisotopic (exact) mass is 389 g/mol. The number of carbonyl (C=O) groups is 1. The summed E-state index contributed by atoms with van der Waals surface area (Å²) in [5.41, 5.74) is 4.10. The SMILES string of the molecule is O=C(O)CC1CCC(c2ccc(-c3ccc(Nc4nccnn4)cn3)cc2)CC1. The minimum Gasteiger partial charge on any atom is -0.481 e. The van der Waals surface area contributed by atoms with Crippen LogP contribution in [0.15, 0.2) is 55.0 Å². The number of nitrogens with zero attached hydrogens (tertiary/aromatic N) is 4. The van der Waals surface area contributed by atoms with E-state index in [0.29, 0.717) is 24.2 Å². The van der Waals surface area contributed by atoms with Crippen LogP contribution >= 0.6 is 0 Å². The number of benzene rings is 1. The Labute approximate surface area is 169 Å². The van der Waals surface area contributed by atoms with Gasteiger partial charge < -0.3 is 10.4 Å². The van der Waals surface area contributed by atoms with Gasteiger partial charge in [-0.2, -0.15) is 5.10 Å². The van der Waals surface area contributed by atoms with Crippen LogP contribution in [0.2, 0.25) is 0 Å². The molecule has 4 rings (SSSR count). The molecule has 0 aliphatic heterocycles. The number of aliphatic carboxylic acids is 1. The van der Waals surface area contributed by atoms with E-state index >= 15 is 0 Å². The number of pyridine rings is 1. The molecule has 0 saturated heterocycles. The van der Waals surface area contributed by atoms with E-state index < -0.39 is 5.97 Å². The van der Waals surface area contributed by atoms with Crippen LogP contribution < -0.4 is 5.32 Å². The first-order chi connectivity index (χ1) is 14.2. The Morgan fingerprint density at radius 1 is 1.00 bits per heavy atom. The van der Waals surface area contributed by atoms with Crippen molar-refractivity contribution in [2.45, 2.75) is 38.0 Å². The second kappa shape index (κ2) is 8.77. The molecule has 0 amide bonds. The molecule has 2 aromatic heterocycles. The Balaban J connectivity index is 1.37. The molecule has 1 aliphatic rings. The maximum absolute atomic E-state index is 10.9. The van der Waals surface area contributed by atoms with E-state index in [4.69, 9.17) is 5.11 Å². The quantitative estimate of drug-likeness (QED) is 0.643. The first kappa shape index (κ1) is 19.0. The van der Waals surface area contributed by atoms with Crippen molar-refractivity contribution in [2.75, 3.05) is 5.32 Å². The maximum atomic E-state index is 10.9. The molecule has 1 aromatic carbocycles. The molecule has 7 heteroatoms. The highest BCUT2D eigenvalue weighted by atomic mass is 16.4. The van der Waals surface area contributed by atoms with Crippen LogP contribution in [0.25, 0.3) is 11.3 Å². The van der Waals surface area contributed by atoms with Crippen molar-refractivity contribution in [3.05, 3.63) is 60.6 Å². The molecule has 3 aromatic rings. The van der Waals surface area contributed by atoms with E-state index in [2.05, 4.69) is 49.7 Å². The van der Waals surface area contributed by atoms with Gasteiger partial charge in [0.1, 0.15) is 0 Å². The maximum Gasteiger partial charge on any atom is 0.303 e. The molecule has 0 unspecified atom stereocenters. The van der Waals surface area contributed by atoms with Crippen molar-refractivity contribution < 1.29 is 9.90 Å². The van der Waals surface area contributed by atoms with Gasteiger partial charge in [-0.05, 0) is 55.2 Å². The van der Waals surface area contributed by atoms with Crippen LogP contribution in [0, 0.1) is 5.92 Å². The minimum absolute atomic E-state index is 0.301. The van der Waals surface area contributed by atoms with Gasteiger partial charge in [-0.25, -0.2) is 4.98 Å². The van der Waals surface area contributed by atoms with E-state index in [-0.39, 0.29) is 0 Å². The summed E-state index contributed by atoms with van der Waals surface area (Å²) in [5.74, 6) is 0.605. The molecule has 1 aliphatic carbocycles. The minimum atomic E-state index is -0.681. The Kier molecular flexibility index (Phi) is 5.74. The third-order valence-electron chi connectivity index (χ3n) is 5.49. The lowest BCUT2D eigenvalue weighted by molar-refractivity contribution is -0.138. The van der Waals surface area contributed by atoms with Gasteiger partial charge in [-0.3, -0.25) is 9.78 Å². The molecule has 1 fully saturated rings. The number of hydrogen-bond donors (Lipinski definition) is 2. The van der Waals surface area contributed by atoms with Gasteiger partial charge >= 0.3 is 5.97 Å². The molecule has 1 saturated carbocycles. The Hall–Kier alpha value is -3.35. The van der Waals surface area contributed by atoms with E-state index in [0.717, 1.165) is 42.6 Å². The normalized spacial score (nSPS) is 18.9. The van der Waals surface area contributed by atoms with Gasteiger partial charge in [-0.1, -0.05) is 24.3 Å². The van der Waals surface area contributed by atoms with E-state index in [1.54, 1.807) is 12.4 Å². The van der Waals surface area contributed by atoms with Crippen LogP contribution in [0.5, 0.6) is 0 Å². The van der Waals surface area contributed by atoms with Crippen molar-refractivity contribution >= 4 is 17.6 Å². The van der Waals surface area contributed by atoms with Crippen molar-refractivity contribution in [3.8, 4) is 11.3 Å². The van der Waals surface area contributed by atoms with Crippen LogP contribution in [0.1, 0.15) is 43.6 Å². The summed E-state index contributed by atoms with van der Waals surface area (Å²) in [6, 6.07) is 12.5. The van der Waals surface area contributed by atoms with Gasteiger partial charge in [0.2, 0.25) is 5.95 Å². The molecule has 7 nitrogen and oxygen atoms in total. The fourth-order valence-corrected chi connectivity index (χ4v) is 3.95. The van der Waals surface area contributed by atoms with Crippen molar-refractivity contribution in [1.29, 1.82) is 0 Å². The van der Waals surface area contributed by atoms with Gasteiger partial charge in [0.25, 0.3) is 0 Å². The van der Waals surface area contributed by atoms with Crippen LogP contribution in [0.3, 0.4) is 0 Å². The fraction of sp³-hybridized carbons (Fsp3) is 0.318. The van der Waals surface area contributed by atoms with Crippen LogP contribution in [-0.2, 0) is 4.79 Å². The second-order valence-electron chi connectivity index (χ2n) is 7.46. The first-order valence-electron chi connectivity index (χ1n) is 9.86. The summed E-state index contributed by atoms with van der Waals surface area (Å²) in [4.78, 5) is 19.5. The third kappa shape index (κ3) is 4.93. The van der Waals surface area contributed by atoms with Crippen LogP contribution in [-0.4, -0.2) is 31.2 Å². The number of nitrogens with one attached hydrogen (secondary N) is 1. The number of carboxylic acids is 1. The highest BCUT2D eigenvalue weighted by molar-refractivity contribution is 5.67. The first-order valence-corrected chi connectivity index (χ1v) is 9.86. The average Bonchev–Trinajstić information content (AvgIpc) is 2.75. The summed E-state index contributed by atoms with van der Waals surface area (Å²) in [6.07, 6.45) is 9.27. The summed E-state index contributed by atoms with van der Waals surface area (Å²) < 4.78 is 0. The topological polar surface area (TPSA) is 101 Å². The fourth-order valence-electron chi connectivity index (χ4n) is 3.95. The predicted octanol–water partition coefficient (Wildman–Crippen LogP) is 4.43. The lowest BCUT2D eigenvalue weighted by Gasteiger charge is -2.28. The average molecular weight is 389 g/mol. The standard InChI is InChI=1S/C22H23N5O2/c28-21(29)13-15-1-3-16(4-2-15)17-5-7-18(8-6-17)20-10-9-19(14-24-20)26-22-23-11-12-25-27-22/h5-12,14-16H,1-4,13H2,(H,28,29)(H,23,26,27). The molecule has 0 radical (unpaired) electrons. The van der Waals surface area contributed by atoms with Crippen molar-refractivity contribution in [3.63, 3.8) is 0 Å². The van der Waals surface area contributed by atoms with Gasteiger partial charge in [0, 0.05) is 12.0 Å². The summed E-state index contributed by atoms with van der Waals surface area (Å²) in [6.45, 7) is 0. The summed E-state index contributed by atoms with van der Waals surface area (Å²) >= 11 is 0. The molecule has 2 heterocycles. The van der Waals surface area contributed by atoms with Crippen molar-refractivity contribution in [1.82, 2.24) is 20.2 Å². The highest BCUT2D eigenvalue weighted by Gasteiger charge is 2.23. The zero-order chi connectivity index (χ0) is 20.1. The third-order valence-corrected chi connectivity index (χ3v) is 5.49. The Morgan fingerprint density at radius 3 is 2.41 bits per heavy atom. The number of anilines is 2. The molecule has 0 bridgehead atoms. The number of rotatable bonds is 6. The molecular formula is C22H23N5O2. The van der Waals surface area contributed by atoms with Gasteiger partial charge in [0.15, 0.2) is 0 Å². The lowest BCUT2D eigenvalue weighted by atomic mass is 9.77.